The molecule has 0 bridgehead atoms. The number of fused-ring (bicyclic) bond motifs is 2. The van der Waals surface area contributed by atoms with Gasteiger partial charge in [0.1, 0.15) is 0 Å². The number of benzene rings is 1. The van der Waals surface area contributed by atoms with Crippen molar-refractivity contribution in [3.63, 3.8) is 0 Å². The van der Waals surface area contributed by atoms with Crippen molar-refractivity contribution in [1.82, 2.24) is 40.6 Å². The van der Waals surface area contributed by atoms with E-state index in [4.69, 9.17) is 14.7 Å². The first-order valence-electron chi connectivity index (χ1n) is 14.2. The van der Waals surface area contributed by atoms with E-state index in [2.05, 4.69) is 43.3 Å². The third kappa shape index (κ3) is 6.50. The van der Waals surface area contributed by atoms with Gasteiger partial charge in [-0.1, -0.05) is 18.7 Å². The number of ether oxygens (including phenoxy) is 1. The Balaban J connectivity index is 1.13. The highest BCUT2D eigenvalue weighted by molar-refractivity contribution is 7.19. The second-order valence-electron chi connectivity index (χ2n) is 10.4. The predicted molar refractivity (Wildman–Crippen MR) is 164 cm³/mol. The molecule has 3 amide bonds. The maximum atomic E-state index is 12.6. The van der Waals surface area contributed by atoms with Gasteiger partial charge in [-0.3, -0.25) is 24.4 Å². The van der Waals surface area contributed by atoms with Gasteiger partial charge in [0, 0.05) is 61.6 Å². The monoisotopic (exact) mass is 603 g/mol. The Morgan fingerprint density at radius 3 is 2.65 bits per heavy atom. The fourth-order valence-corrected chi connectivity index (χ4v) is 6.43. The van der Waals surface area contributed by atoms with E-state index in [-0.39, 0.29) is 19.0 Å². The molecule has 224 valence electrons. The Hall–Kier alpha value is -4.40. The van der Waals surface area contributed by atoms with Crippen molar-refractivity contribution in [3.05, 3.63) is 48.0 Å². The molecule has 0 saturated carbocycles. The van der Waals surface area contributed by atoms with Crippen LogP contribution in [-0.2, 0) is 25.7 Å². The summed E-state index contributed by atoms with van der Waals surface area (Å²) in [5, 5.41) is 13.2. The quantitative estimate of drug-likeness (QED) is 0.240. The minimum absolute atomic E-state index is 0.100. The number of nitrogens with one attached hydrogen (secondary N) is 3. The number of nitrogens with zero attached hydrogens (tertiary/aromatic N) is 6. The molecule has 0 unspecified atom stereocenters. The van der Waals surface area contributed by atoms with Crippen molar-refractivity contribution in [1.29, 1.82) is 0 Å². The Bertz CT molecular complexity index is 1650. The van der Waals surface area contributed by atoms with Crippen LogP contribution in [0.1, 0.15) is 4.88 Å². The van der Waals surface area contributed by atoms with Gasteiger partial charge < -0.3 is 25.2 Å². The number of morpholine rings is 1. The molecule has 6 rings (SSSR count). The highest BCUT2D eigenvalue weighted by Gasteiger charge is 2.24. The Kier molecular flexibility index (Phi) is 8.58. The number of H-pyrrole nitrogens is 1. The van der Waals surface area contributed by atoms with Gasteiger partial charge in [0.15, 0.2) is 11.6 Å². The van der Waals surface area contributed by atoms with E-state index in [0.29, 0.717) is 32.1 Å². The van der Waals surface area contributed by atoms with E-state index in [1.54, 1.807) is 16.2 Å². The lowest BCUT2D eigenvalue weighted by Crippen LogP contribution is -2.51. The summed E-state index contributed by atoms with van der Waals surface area (Å²) in [5.41, 5.74) is 2.80. The first-order chi connectivity index (χ1) is 21.0. The summed E-state index contributed by atoms with van der Waals surface area (Å²) in [6, 6.07) is 8.16. The van der Waals surface area contributed by atoms with Crippen molar-refractivity contribution in [2.24, 2.45) is 0 Å². The second kappa shape index (κ2) is 12.9. The molecular formula is C29H33N9O4S. The summed E-state index contributed by atoms with van der Waals surface area (Å²) in [5.74, 6) is 0.605. The molecule has 5 heterocycles. The standard InChI is InChI=1S/C29H33N9O4S/c1-2-24(39)30-16-25(40)31-17-26(41)37-8-6-36(7-9-37)18-19-14-23-27(43-19)29(38-10-12-42-13-11-38)34-28(33-23)20-4-3-5-22-21(20)15-32-35-22/h2-5,14-15H,1,6-13,16-18H2,(H,30,39)(H,31,40)(H,32,35). The van der Waals surface area contributed by atoms with E-state index in [9.17, 15) is 14.4 Å². The van der Waals surface area contributed by atoms with Gasteiger partial charge in [-0.2, -0.15) is 5.10 Å². The molecule has 2 fully saturated rings. The van der Waals surface area contributed by atoms with Crippen LogP contribution in [0.15, 0.2) is 43.1 Å². The number of rotatable bonds is 9. The number of hydrogen-bond donors (Lipinski definition) is 3. The SMILES string of the molecule is C=CC(=O)NCC(=O)NCC(=O)N1CCN(Cc2cc3nc(-c4cccc5[nH]ncc45)nc(N4CCOCC4)c3s2)CC1. The molecule has 2 saturated heterocycles. The molecule has 14 heteroatoms. The molecule has 2 aliphatic rings. The average molecular weight is 604 g/mol. The Morgan fingerprint density at radius 2 is 1.86 bits per heavy atom. The maximum Gasteiger partial charge on any atom is 0.243 e. The summed E-state index contributed by atoms with van der Waals surface area (Å²) >= 11 is 1.72. The van der Waals surface area contributed by atoms with Crippen LogP contribution in [0.4, 0.5) is 5.82 Å². The number of aromatic amines is 1. The summed E-state index contributed by atoms with van der Waals surface area (Å²) in [6.45, 7) is 9.25. The van der Waals surface area contributed by atoms with Crippen LogP contribution in [0.2, 0.25) is 0 Å². The molecule has 3 aromatic heterocycles. The summed E-state index contributed by atoms with van der Waals surface area (Å²) in [7, 11) is 0. The number of hydrogen-bond acceptors (Lipinski definition) is 10. The number of aromatic nitrogens is 4. The summed E-state index contributed by atoms with van der Waals surface area (Å²) < 4.78 is 6.67. The van der Waals surface area contributed by atoms with E-state index in [1.165, 1.54) is 4.88 Å². The molecular weight excluding hydrogens is 570 g/mol. The van der Waals surface area contributed by atoms with Crippen molar-refractivity contribution in [2.75, 3.05) is 70.5 Å². The topological polar surface area (TPSA) is 149 Å². The lowest BCUT2D eigenvalue weighted by molar-refractivity contribution is -0.134. The van der Waals surface area contributed by atoms with Crippen LogP contribution in [0.5, 0.6) is 0 Å². The molecule has 43 heavy (non-hydrogen) atoms. The number of piperazine rings is 1. The van der Waals surface area contributed by atoms with Crippen molar-refractivity contribution in [3.8, 4) is 11.4 Å². The third-order valence-electron chi connectivity index (χ3n) is 7.59. The minimum atomic E-state index is -0.437. The zero-order chi connectivity index (χ0) is 29.8. The summed E-state index contributed by atoms with van der Waals surface area (Å²) in [6.07, 6.45) is 2.90. The number of carbonyl (C=O) groups excluding carboxylic acids is 3. The first-order valence-corrected chi connectivity index (χ1v) is 15.0. The zero-order valence-electron chi connectivity index (χ0n) is 23.7. The predicted octanol–water partition coefficient (Wildman–Crippen LogP) is 1.13. The fourth-order valence-electron chi connectivity index (χ4n) is 5.28. The van der Waals surface area contributed by atoms with Gasteiger partial charge >= 0.3 is 0 Å². The molecule has 0 aliphatic carbocycles. The minimum Gasteiger partial charge on any atom is -0.378 e. The molecule has 1 aromatic carbocycles. The Labute approximate surface area is 251 Å². The van der Waals surface area contributed by atoms with Crippen LogP contribution in [-0.4, -0.2) is 113 Å². The molecule has 3 N–H and O–H groups in total. The average Bonchev–Trinajstić information content (AvgIpc) is 3.69. The summed E-state index contributed by atoms with van der Waals surface area (Å²) in [4.78, 5) is 53.4. The van der Waals surface area contributed by atoms with Crippen LogP contribution in [0, 0.1) is 0 Å². The van der Waals surface area contributed by atoms with E-state index in [1.807, 2.05) is 24.4 Å². The van der Waals surface area contributed by atoms with E-state index < -0.39 is 11.8 Å². The normalized spacial score (nSPS) is 16.0. The largest absolute Gasteiger partial charge is 0.378 e. The number of carbonyl (C=O) groups is 3. The van der Waals surface area contributed by atoms with E-state index in [0.717, 1.165) is 71.3 Å². The highest BCUT2D eigenvalue weighted by Crippen LogP contribution is 2.36. The van der Waals surface area contributed by atoms with Crippen LogP contribution >= 0.6 is 11.3 Å². The van der Waals surface area contributed by atoms with Crippen molar-refractivity contribution in [2.45, 2.75) is 6.54 Å². The van der Waals surface area contributed by atoms with E-state index >= 15 is 0 Å². The van der Waals surface area contributed by atoms with Crippen LogP contribution in [0.3, 0.4) is 0 Å². The van der Waals surface area contributed by atoms with Gasteiger partial charge in [-0.05, 0) is 18.2 Å². The third-order valence-corrected chi connectivity index (χ3v) is 8.70. The second-order valence-corrected chi connectivity index (χ2v) is 11.5. The molecule has 2 aliphatic heterocycles. The first kappa shape index (κ1) is 28.7. The van der Waals surface area contributed by atoms with Gasteiger partial charge in [0.2, 0.25) is 17.7 Å². The van der Waals surface area contributed by atoms with Crippen LogP contribution < -0.4 is 15.5 Å². The molecule has 0 atom stereocenters. The van der Waals surface area contributed by atoms with Gasteiger partial charge in [0.25, 0.3) is 0 Å². The fraction of sp³-hybridized carbons (Fsp3) is 0.379. The number of amides is 3. The molecule has 0 spiro atoms. The van der Waals surface area contributed by atoms with Crippen molar-refractivity contribution >= 4 is 56.0 Å². The van der Waals surface area contributed by atoms with Crippen LogP contribution in [0.25, 0.3) is 32.5 Å². The smallest absolute Gasteiger partial charge is 0.243 e. The highest BCUT2D eigenvalue weighted by atomic mass is 32.1. The Morgan fingerprint density at radius 1 is 1.05 bits per heavy atom. The zero-order valence-corrected chi connectivity index (χ0v) is 24.5. The maximum absolute atomic E-state index is 12.6. The lowest BCUT2D eigenvalue weighted by atomic mass is 10.1. The van der Waals surface area contributed by atoms with Gasteiger partial charge in [-0.15, -0.1) is 11.3 Å². The lowest BCUT2D eigenvalue weighted by Gasteiger charge is -2.34. The number of anilines is 1. The molecule has 13 nitrogen and oxygen atoms in total. The molecule has 4 aromatic rings. The molecule has 0 radical (unpaired) electrons. The van der Waals surface area contributed by atoms with Gasteiger partial charge in [-0.25, -0.2) is 9.97 Å². The number of thiophene rings is 1. The van der Waals surface area contributed by atoms with Crippen molar-refractivity contribution < 1.29 is 19.1 Å². The van der Waals surface area contributed by atoms with Gasteiger partial charge in [0.05, 0.1) is 48.2 Å².